The molecule has 7 nitrogen and oxygen atoms in total. The summed E-state index contributed by atoms with van der Waals surface area (Å²) in [6.07, 6.45) is 10.4. The summed E-state index contributed by atoms with van der Waals surface area (Å²) in [7, 11) is 0. The highest BCUT2D eigenvalue weighted by molar-refractivity contribution is 5.82. The van der Waals surface area contributed by atoms with Gasteiger partial charge in [0, 0.05) is 48.7 Å². The van der Waals surface area contributed by atoms with E-state index in [9.17, 15) is 20.4 Å². The lowest BCUT2D eigenvalue weighted by molar-refractivity contribution is -0.185. The van der Waals surface area contributed by atoms with E-state index < -0.39 is 35.6 Å². The van der Waals surface area contributed by atoms with Gasteiger partial charge in [-0.15, -0.1) is 0 Å². The van der Waals surface area contributed by atoms with Crippen molar-refractivity contribution >= 4 is 10.8 Å². The Balaban J connectivity index is 1.16. The van der Waals surface area contributed by atoms with E-state index >= 15 is 0 Å². The molecule has 2 aromatic rings. The largest absolute Gasteiger partial charge is 0.392 e. The second-order valence-electron chi connectivity index (χ2n) is 13.4. The molecule has 1 aromatic carbocycles. The van der Waals surface area contributed by atoms with Crippen LogP contribution in [0.5, 0.6) is 0 Å². The fourth-order valence-corrected chi connectivity index (χ4v) is 9.77. The van der Waals surface area contributed by atoms with Gasteiger partial charge in [-0.2, -0.15) is 0 Å². The van der Waals surface area contributed by atoms with Gasteiger partial charge in [-0.05, 0) is 78.2 Å². The summed E-state index contributed by atoms with van der Waals surface area (Å²) in [6, 6.07) is 8.38. The first-order chi connectivity index (χ1) is 18.7. The number of ether oxygens (including phenoxy) is 1. The van der Waals surface area contributed by atoms with Crippen LogP contribution in [-0.2, 0) is 4.74 Å². The quantitative estimate of drug-likeness (QED) is 0.473. The number of benzene rings is 1. The second-order valence-corrected chi connectivity index (χ2v) is 13.4. The van der Waals surface area contributed by atoms with E-state index in [1.165, 1.54) is 11.1 Å². The summed E-state index contributed by atoms with van der Waals surface area (Å²) in [5, 5.41) is 46.1. The van der Waals surface area contributed by atoms with Crippen molar-refractivity contribution < 1.29 is 25.2 Å². The minimum atomic E-state index is -0.773. The number of hydrogen-bond acceptors (Lipinski definition) is 7. The zero-order chi connectivity index (χ0) is 26.7. The average molecular weight is 531 g/mol. The molecule has 0 radical (unpaired) electrons. The number of fused-ring (bicyclic) bond motifs is 2. The molecule has 10 atom stereocenters. The van der Waals surface area contributed by atoms with Gasteiger partial charge in [0.2, 0.25) is 0 Å². The van der Waals surface area contributed by atoms with E-state index in [2.05, 4.69) is 47.2 Å². The highest BCUT2D eigenvalue weighted by atomic mass is 16.5. The molecule has 206 valence electrons. The molecule has 2 bridgehead atoms. The van der Waals surface area contributed by atoms with Crippen LogP contribution < -0.4 is 0 Å². The first kappa shape index (κ1) is 24.6. The lowest BCUT2D eigenvalue weighted by Crippen LogP contribution is -2.62. The number of rotatable bonds is 2. The van der Waals surface area contributed by atoms with Crippen LogP contribution in [0.3, 0.4) is 0 Å². The van der Waals surface area contributed by atoms with Gasteiger partial charge in [0.05, 0.1) is 23.9 Å². The molecule has 3 aliphatic carbocycles. The molecule has 0 amide bonds. The van der Waals surface area contributed by atoms with E-state index in [0.717, 1.165) is 48.4 Å². The van der Waals surface area contributed by atoms with Gasteiger partial charge in [0.1, 0.15) is 11.7 Å². The van der Waals surface area contributed by atoms with E-state index in [1.54, 1.807) is 0 Å². The maximum atomic E-state index is 11.9. The van der Waals surface area contributed by atoms with E-state index in [0.29, 0.717) is 19.5 Å². The smallest absolute Gasteiger partial charge is 0.118 e. The van der Waals surface area contributed by atoms with Gasteiger partial charge < -0.3 is 25.2 Å². The summed E-state index contributed by atoms with van der Waals surface area (Å²) < 4.78 is 7.26. The van der Waals surface area contributed by atoms with E-state index in [1.807, 2.05) is 18.5 Å². The topological polar surface area (TPSA) is 106 Å². The Labute approximate surface area is 228 Å². The second kappa shape index (κ2) is 8.21. The zero-order valence-corrected chi connectivity index (χ0v) is 22.4. The summed E-state index contributed by atoms with van der Waals surface area (Å²) in [6.45, 7) is 3.09. The third kappa shape index (κ3) is 3.17. The van der Waals surface area contributed by atoms with Crippen LogP contribution in [0.25, 0.3) is 10.8 Å². The normalized spacial score (nSPS) is 46.9. The molecule has 39 heavy (non-hydrogen) atoms. The average Bonchev–Trinajstić information content (AvgIpc) is 3.54. The van der Waals surface area contributed by atoms with Crippen LogP contribution >= 0.6 is 0 Å². The van der Waals surface area contributed by atoms with Gasteiger partial charge in [-0.3, -0.25) is 9.88 Å². The van der Waals surface area contributed by atoms with Gasteiger partial charge in [0.25, 0.3) is 0 Å². The lowest BCUT2D eigenvalue weighted by atomic mass is 9.58. The summed E-state index contributed by atoms with van der Waals surface area (Å²) in [5.74, 6) is 0.121. The lowest BCUT2D eigenvalue weighted by Gasteiger charge is -2.56. The number of allylic oxidation sites excluding steroid dienone is 1. The molecular weight excluding hydrogens is 492 g/mol. The Morgan fingerprint density at radius 3 is 2.59 bits per heavy atom. The first-order valence-electron chi connectivity index (χ1n) is 14.7. The molecule has 1 aromatic heterocycles. The van der Waals surface area contributed by atoms with Gasteiger partial charge >= 0.3 is 0 Å². The minimum Gasteiger partial charge on any atom is -0.392 e. The Morgan fingerprint density at radius 2 is 1.77 bits per heavy atom. The van der Waals surface area contributed by atoms with E-state index in [-0.39, 0.29) is 23.3 Å². The summed E-state index contributed by atoms with van der Waals surface area (Å²) in [4.78, 5) is 6.37. The molecule has 4 heterocycles. The Morgan fingerprint density at radius 1 is 0.974 bits per heavy atom. The van der Waals surface area contributed by atoms with Gasteiger partial charge in [-0.25, -0.2) is 0 Å². The molecule has 2 saturated carbocycles. The maximum Gasteiger partial charge on any atom is 0.118 e. The Kier molecular flexibility index (Phi) is 5.19. The van der Waals surface area contributed by atoms with Crippen molar-refractivity contribution in [3.05, 3.63) is 65.5 Å². The Hall–Kier alpha value is -2.13. The minimum absolute atomic E-state index is 0.0126. The van der Waals surface area contributed by atoms with Crippen molar-refractivity contribution in [1.82, 2.24) is 9.88 Å². The molecular formula is C32H38N2O5. The maximum absolute atomic E-state index is 11.9. The summed E-state index contributed by atoms with van der Waals surface area (Å²) in [5.41, 5.74) is 2.14. The molecule has 4 fully saturated rings. The number of aliphatic hydroxyl groups is 4. The van der Waals surface area contributed by atoms with Crippen molar-refractivity contribution in [1.29, 1.82) is 0 Å². The van der Waals surface area contributed by atoms with Crippen LogP contribution in [-0.4, -0.2) is 85.1 Å². The monoisotopic (exact) mass is 530 g/mol. The molecule has 3 aliphatic heterocycles. The highest BCUT2D eigenvalue weighted by Gasteiger charge is 2.70. The SMILES string of the molecule is C[C@]12CC=C3C=C4CC[C@@H](N5C[C@H](O)[C@@H](O)C5)[C@H](O)[C@]45CCC3(O5)[C@@H]1C[C@@H](O)[C@@H]2c1ccc2ccncc2c1. The highest BCUT2D eigenvalue weighted by Crippen LogP contribution is 2.69. The predicted octanol–water partition coefficient (Wildman–Crippen LogP) is 2.82. The van der Waals surface area contributed by atoms with Crippen LogP contribution in [0.1, 0.15) is 56.9 Å². The molecule has 2 saturated heterocycles. The van der Waals surface area contributed by atoms with Crippen molar-refractivity contribution in [2.75, 3.05) is 13.1 Å². The summed E-state index contributed by atoms with van der Waals surface area (Å²) >= 11 is 0. The number of pyridine rings is 1. The standard InChI is InChI=1S/C32H38N2O5/c1-30-8-6-22-13-21-4-5-23(34-16-25(36)26(37)17-34)29(38)32(21)10-9-31(22,39-32)27(30)14-24(35)28(30)19-3-2-18-7-11-33-15-20(18)12-19/h2-3,6-7,11-13,15,23-29,35-38H,4-5,8-10,14,16-17H2,1H3/t23-,24-,25+,26+,27-,28+,29+,30+,31?,32+/m1/s1. The number of hydrogen-bond donors (Lipinski definition) is 4. The van der Waals surface area contributed by atoms with Crippen molar-refractivity contribution in [3.8, 4) is 0 Å². The van der Waals surface area contributed by atoms with Crippen LogP contribution in [0.2, 0.25) is 0 Å². The van der Waals surface area contributed by atoms with Gasteiger partial charge in [0.15, 0.2) is 0 Å². The molecule has 4 N–H and O–H groups in total. The first-order valence-corrected chi connectivity index (χ1v) is 14.7. The van der Waals surface area contributed by atoms with Crippen molar-refractivity contribution in [2.24, 2.45) is 11.3 Å². The fourth-order valence-electron chi connectivity index (χ4n) is 9.77. The van der Waals surface area contributed by atoms with Crippen molar-refractivity contribution in [3.63, 3.8) is 0 Å². The Bertz CT molecular complexity index is 1400. The predicted molar refractivity (Wildman–Crippen MR) is 146 cm³/mol. The zero-order valence-electron chi connectivity index (χ0n) is 22.4. The number of aliphatic hydroxyl groups excluding tert-OH is 4. The van der Waals surface area contributed by atoms with Crippen LogP contribution in [0, 0.1) is 11.3 Å². The number of aromatic nitrogens is 1. The number of likely N-dealkylation sites (tertiary alicyclic amines) is 1. The van der Waals surface area contributed by atoms with E-state index in [4.69, 9.17) is 4.74 Å². The third-order valence-electron chi connectivity index (χ3n) is 11.6. The third-order valence-corrected chi connectivity index (χ3v) is 11.6. The molecule has 7 heteroatoms. The molecule has 6 aliphatic rings. The molecule has 8 rings (SSSR count). The van der Waals surface area contributed by atoms with Crippen LogP contribution in [0.15, 0.2) is 60.0 Å². The fraction of sp³-hybridized carbons (Fsp3) is 0.594. The van der Waals surface area contributed by atoms with Crippen LogP contribution in [0.4, 0.5) is 0 Å². The molecule has 2 spiro atoms. The van der Waals surface area contributed by atoms with Gasteiger partial charge in [-0.1, -0.05) is 31.2 Å². The molecule has 1 unspecified atom stereocenters. The number of β-amino-alcohol motifs (C(OH)–C–C–N with tert-alkyl or cyclic N) is 2. The van der Waals surface area contributed by atoms with Crippen molar-refractivity contribution in [2.45, 2.75) is 93.0 Å². The number of nitrogens with zero attached hydrogens (tertiary/aromatic N) is 2.